The van der Waals surface area contributed by atoms with E-state index in [0.717, 1.165) is 9.52 Å². The summed E-state index contributed by atoms with van der Waals surface area (Å²) in [6, 6.07) is 47.2. The van der Waals surface area contributed by atoms with Crippen LogP contribution in [0.3, 0.4) is 0 Å². The minimum atomic E-state index is -0.826. The molecule has 218 valence electrons. The van der Waals surface area contributed by atoms with Crippen LogP contribution in [0.25, 0.3) is 44.2 Å². The maximum Gasteiger partial charge on any atom is 0.0920 e. The Balaban J connectivity index is 0.000000198. The van der Waals surface area contributed by atoms with Crippen LogP contribution in [0.5, 0.6) is 0 Å². The van der Waals surface area contributed by atoms with Crippen molar-refractivity contribution < 1.29 is 20.8 Å². The van der Waals surface area contributed by atoms with Crippen LogP contribution in [0.15, 0.2) is 121 Å². The average molecular weight is 707 g/mol. The Morgan fingerprint density at radius 1 is 0.727 bits per heavy atom. The predicted molar refractivity (Wildman–Crippen MR) is 191 cm³/mol. The van der Waals surface area contributed by atoms with E-state index in [0.29, 0.717) is 5.92 Å². The summed E-state index contributed by atoms with van der Waals surface area (Å²) in [4.78, 5) is 0. The Morgan fingerprint density at radius 3 is 2.02 bits per heavy atom. The van der Waals surface area contributed by atoms with Crippen LogP contribution in [0.1, 0.15) is 51.7 Å². The fourth-order valence-corrected chi connectivity index (χ4v) is 7.16. The number of hydrogen-bond donors (Lipinski definition) is 0. The molecule has 2 radical (unpaired) electrons. The molecule has 0 saturated carbocycles. The second-order valence-electron chi connectivity index (χ2n) is 12.3. The van der Waals surface area contributed by atoms with Crippen LogP contribution in [-0.4, -0.2) is 9.52 Å². The predicted octanol–water partition coefficient (Wildman–Crippen LogP) is 10.8. The molecule has 6 aromatic carbocycles. The van der Waals surface area contributed by atoms with Crippen molar-refractivity contribution in [3.63, 3.8) is 0 Å². The summed E-state index contributed by atoms with van der Waals surface area (Å²) in [5.41, 5.74) is 10.9. The molecule has 0 unspecified atom stereocenters. The summed E-state index contributed by atoms with van der Waals surface area (Å²) in [5, 5.41) is 5.54. The Hall–Kier alpha value is -2.61. The third kappa shape index (κ3) is 7.27. The van der Waals surface area contributed by atoms with Gasteiger partial charge in [0.05, 0.1) is 9.52 Å². The molecule has 1 heterocycles. The van der Waals surface area contributed by atoms with Gasteiger partial charge in [-0.3, -0.25) is 0 Å². The summed E-state index contributed by atoms with van der Waals surface area (Å²) < 4.78 is 0. The van der Waals surface area contributed by atoms with Crippen LogP contribution in [0, 0.1) is 6.07 Å². The molecule has 1 aliphatic rings. The third-order valence-corrected chi connectivity index (χ3v) is 9.37. The van der Waals surface area contributed by atoms with Gasteiger partial charge >= 0.3 is 37.9 Å². The minimum absolute atomic E-state index is 0.0720. The van der Waals surface area contributed by atoms with E-state index in [4.69, 9.17) is 17.0 Å². The Morgan fingerprint density at radius 2 is 1.34 bits per heavy atom. The summed E-state index contributed by atoms with van der Waals surface area (Å²) in [6.07, 6.45) is 0. The standard InChI is InChI=1S/C28H29.C12H7Si.2ClH.Zr/c1-19(2)22-17-21-15-16-26(28(3,4)5)27(25(21)18-22)24-14-10-9-13-23(24)20-11-7-6-8-12-20;1-3-7-11-9(5-1)10-6-2-4-8-12(10)13-11;;;/h6-19H,1-5H3;1-7H;2*1H;/q2*-1;;;+4/p-2. The quantitative estimate of drug-likeness (QED) is 0.127. The van der Waals surface area contributed by atoms with E-state index < -0.39 is 20.8 Å². The first-order chi connectivity index (χ1) is 21.2. The van der Waals surface area contributed by atoms with Crippen molar-refractivity contribution in [2.75, 3.05) is 0 Å². The average Bonchev–Trinajstić information content (AvgIpc) is 3.64. The van der Waals surface area contributed by atoms with Gasteiger partial charge in [0.1, 0.15) is 0 Å². The first kappa shape index (κ1) is 32.8. The molecule has 0 atom stereocenters. The zero-order valence-corrected chi connectivity index (χ0v) is 30.9. The monoisotopic (exact) mass is 704 g/mol. The molecule has 7 rings (SSSR count). The van der Waals surface area contributed by atoms with E-state index in [1.54, 1.807) is 0 Å². The van der Waals surface area contributed by atoms with Crippen LogP contribution < -0.4 is 10.4 Å². The third-order valence-electron chi connectivity index (χ3n) is 8.00. The first-order valence-electron chi connectivity index (χ1n) is 14.9. The number of halogens is 2. The Kier molecular flexibility index (Phi) is 10.9. The molecule has 1 aliphatic heterocycles. The van der Waals surface area contributed by atoms with Gasteiger partial charge in [-0.05, 0) is 28.0 Å². The van der Waals surface area contributed by atoms with E-state index >= 15 is 0 Å². The number of benzene rings is 5. The van der Waals surface area contributed by atoms with Crippen molar-refractivity contribution in [2.45, 2.75) is 46.0 Å². The van der Waals surface area contributed by atoms with E-state index in [9.17, 15) is 0 Å². The van der Waals surface area contributed by atoms with E-state index in [-0.39, 0.29) is 5.41 Å². The van der Waals surface area contributed by atoms with Crippen molar-refractivity contribution in [3.05, 3.63) is 139 Å². The number of fused-ring (bicyclic) bond motifs is 4. The van der Waals surface area contributed by atoms with Gasteiger partial charge in [-0.1, -0.05) is 135 Å². The van der Waals surface area contributed by atoms with Crippen LogP contribution in [-0.2, 0) is 26.3 Å². The SMILES string of the molecule is CC(C)c1cc2c(-c3ccccc3-c3ccccc3)c(C(C)(C)C)ccc2[cH-]1.[Cl][Zr+2][Cl].[c-]1cccc2c1[Si]c1ccccc1-2. The van der Waals surface area contributed by atoms with Gasteiger partial charge in [0.2, 0.25) is 0 Å². The second kappa shape index (κ2) is 14.7. The fourth-order valence-electron chi connectivity index (χ4n) is 5.85. The van der Waals surface area contributed by atoms with Gasteiger partial charge in [-0.2, -0.15) is 35.5 Å². The Bertz CT molecular complexity index is 1800. The molecule has 0 amide bonds. The molecule has 0 saturated heterocycles. The van der Waals surface area contributed by atoms with Gasteiger partial charge in [0.15, 0.2) is 0 Å². The number of hydrogen-bond acceptors (Lipinski definition) is 0. The van der Waals surface area contributed by atoms with Gasteiger partial charge in [0, 0.05) is 0 Å². The Labute approximate surface area is 284 Å². The molecule has 0 N–H and O–H groups in total. The van der Waals surface area contributed by atoms with Crippen molar-refractivity contribution in [2.24, 2.45) is 0 Å². The first-order valence-corrected chi connectivity index (χ1v) is 22.3. The summed E-state index contributed by atoms with van der Waals surface area (Å²) in [5.74, 6) is 0.530. The zero-order chi connectivity index (χ0) is 31.3. The smallest absolute Gasteiger partial charge is 0.0920 e. The minimum Gasteiger partial charge on any atom is -0.184 e. The van der Waals surface area contributed by atoms with E-state index in [2.05, 4.69) is 156 Å². The summed E-state index contributed by atoms with van der Waals surface area (Å²) in [7, 11) is 10.7. The molecule has 0 nitrogen and oxygen atoms in total. The molecule has 44 heavy (non-hydrogen) atoms. The van der Waals surface area contributed by atoms with Crippen molar-refractivity contribution >= 4 is 47.7 Å². The molecular weight excluding hydrogens is 671 g/mol. The zero-order valence-electron chi connectivity index (χ0n) is 25.9. The second-order valence-corrected chi connectivity index (χ2v) is 17.3. The molecule has 4 heteroatoms. The summed E-state index contributed by atoms with van der Waals surface area (Å²) >= 11 is -0.826. The molecule has 0 spiro atoms. The largest absolute Gasteiger partial charge is 0.184 e. The molecule has 0 fully saturated rings. The van der Waals surface area contributed by atoms with Gasteiger partial charge < -0.3 is 0 Å². The molecule has 0 aromatic heterocycles. The van der Waals surface area contributed by atoms with Crippen molar-refractivity contribution in [1.29, 1.82) is 0 Å². The van der Waals surface area contributed by atoms with Crippen molar-refractivity contribution in [3.8, 4) is 33.4 Å². The maximum absolute atomic E-state index is 4.93. The van der Waals surface area contributed by atoms with Crippen LogP contribution in [0.4, 0.5) is 0 Å². The van der Waals surface area contributed by atoms with Gasteiger partial charge in [0.25, 0.3) is 0 Å². The number of rotatable bonds is 3. The van der Waals surface area contributed by atoms with Crippen LogP contribution in [0.2, 0.25) is 0 Å². The summed E-state index contributed by atoms with van der Waals surface area (Å²) in [6.45, 7) is 11.5. The van der Waals surface area contributed by atoms with Crippen molar-refractivity contribution in [1.82, 2.24) is 0 Å². The van der Waals surface area contributed by atoms with Gasteiger partial charge in [-0.15, -0.1) is 40.1 Å². The van der Waals surface area contributed by atoms with E-state index in [1.807, 2.05) is 6.07 Å². The maximum atomic E-state index is 4.93. The van der Waals surface area contributed by atoms with Crippen LogP contribution >= 0.6 is 17.0 Å². The molecule has 0 aliphatic carbocycles. The fraction of sp³-hybridized carbons (Fsp3) is 0.175. The van der Waals surface area contributed by atoms with E-state index in [1.165, 1.54) is 65.7 Å². The topological polar surface area (TPSA) is 0 Å². The normalized spacial score (nSPS) is 11.5. The molecule has 0 bridgehead atoms. The molecular formula is C40H36Cl2SiZr. The van der Waals surface area contributed by atoms with Gasteiger partial charge in [-0.25, -0.2) is 0 Å². The molecule has 6 aromatic rings.